The van der Waals surface area contributed by atoms with Gasteiger partial charge in [0.2, 0.25) is 5.88 Å². The van der Waals surface area contributed by atoms with E-state index in [1.807, 2.05) is 58.0 Å². The number of nitrogens with zero attached hydrogens (tertiary/aromatic N) is 2. The van der Waals surface area contributed by atoms with E-state index in [2.05, 4.69) is 5.10 Å². The molecule has 90 valence electrons. The summed E-state index contributed by atoms with van der Waals surface area (Å²) >= 11 is 0. The molecule has 0 amide bonds. The van der Waals surface area contributed by atoms with Gasteiger partial charge in [0, 0.05) is 0 Å². The Hall–Kier alpha value is -1.77. The van der Waals surface area contributed by atoms with Gasteiger partial charge in [0.25, 0.3) is 0 Å². The minimum absolute atomic E-state index is 0.220. The van der Waals surface area contributed by atoms with Gasteiger partial charge in [-0.15, -0.1) is 0 Å². The van der Waals surface area contributed by atoms with Crippen molar-refractivity contribution in [2.45, 2.75) is 33.2 Å². The van der Waals surface area contributed by atoms with Crippen LogP contribution in [0.25, 0.3) is 11.1 Å². The van der Waals surface area contributed by atoms with E-state index in [4.69, 9.17) is 0 Å². The summed E-state index contributed by atoms with van der Waals surface area (Å²) in [6, 6.07) is 9.85. The van der Waals surface area contributed by atoms with Crippen LogP contribution in [0.1, 0.15) is 26.5 Å². The van der Waals surface area contributed by atoms with Gasteiger partial charge in [-0.25, -0.2) is 4.68 Å². The Kier molecular flexibility index (Phi) is 2.69. The fourth-order valence-electron chi connectivity index (χ4n) is 1.93. The lowest BCUT2D eigenvalue weighted by Gasteiger charge is -2.20. The molecule has 0 saturated heterocycles. The molecule has 0 aliphatic heterocycles. The fourth-order valence-corrected chi connectivity index (χ4v) is 1.93. The van der Waals surface area contributed by atoms with Crippen molar-refractivity contribution in [3.63, 3.8) is 0 Å². The maximum absolute atomic E-state index is 10.3. The topological polar surface area (TPSA) is 38.0 Å². The lowest BCUT2D eigenvalue weighted by Crippen LogP contribution is -2.22. The van der Waals surface area contributed by atoms with E-state index in [0.29, 0.717) is 0 Å². The Bertz CT molecular complexity index is 521. The van der Waals surface area contributed by atoms with Gasteiger partial charge in [-0.05, 0) is 33.3 Å². The molecule has 0 bridgehead atoms. The van der Waals surface area contributed by atoms with Crippen molar-refractivity contribution >= 4 is 0 Å². The minimum atomic E-state index is -0.220. The first-order chi connectivity index (χ1) is 7.91. The second kappa shape index (κ2) is 3.91. The first kappa shape index (κ1) is 11.7. The Labute approximate surface area is 102 Å². The van der Waals surface area contributed by atoms with Crippen molar-refractivity contribution in [1.29, 1.82) is 0 Å². The summed E-state index contributed by atoms with van der Waals surface area (Å²) in [5.74, 6) is 0.237. The second-order valence-corrected chi connectivity index (χ2v) is 5.23. The second-order valence-electron chi connectivity index (χ2n) is 5.23. The van der Waals surface area contributed by atoms with E-state index in [1.165, 1.54) is 0 Å². The third kappa shape index (κ3) is 2.05. The maximum Gasteiger partial charge on any atom is 0.218 e. The summed E-state index contributed by atoms with van der Waals surface area (Å²) in [7, 11) is 0. The first-order valence-electron chi connectivity index (χ1n) is 5.76. The van der Waals surface area contributed by atoms with Gasteiger partial charge in [0.05, 0.1) is 16.8 Å². The van der Waals surface area contributed by atoms with Gasteiger partial charge in [-0.3, -0.25) is 0 Å². The zero-order valence-corrected chi connectivity index (χ0v) is 10.7. The largest absolute Gasteiger partial charge is 0.493 e. The maximum atomic E-state index is 10.3. The standard InChI is InChI=1S/C14H18N2O/c1-10-12(11-8-6-5-7-9-11)13(17)16(15-10)14(2,3)4/h5-9,17H,1-4H3. The summed E-state index contributed by atoms with van der Waals surface area (Å²) in [5.41, 5.74) is 2.45. The molecule has 2 rings (SSSR count). The minimum Gasteiger partial charge on any atom is -0.493 e. The highest BCUT2D eigenvalue weighted by Crippen LogP contribution is 2.35. The molecule has 17 heavy (non-hydrogen) atoms. The Morgan fingerprint density at radius 1 is 1.12 bits per heavy atom. The number of aromatic nitrogens is 2. The number of benzene rings is 1. The van der Waals surface area contributed by atoms with E-state index in [1.54, 1.807) is 4.68 Å². The zero-order chi connectivity index (χ0) is 12.6. The Balaban J connectivity index is 2.61. The van der Waals surface area contributed by atoms with Gasteiger partial charge in [-0.1, -0.05) is 30.3 Å². The summed E-state index contributed by atoms with van der Waals surface area (Å²) in [6.45, 7) is 7.99. The van der Waals surface area contributed by atoms with Crippen molar-refractivity contribution in [2.75, 3.05) is 0 Å². The molecule has 2 aromatic rings. The SMILES string of the molecule is Cc1nn(C(C)(C)C)c(O)c1-c1ccccc1. The smallest absolute Gasteiger partial charge is 0.218 e. The van der Waals surface area contributed by atoms with Crippen LogP contribution in [0.15, 0.2) is 30.3 Å². The third-order valence-electron chi connectivity index (χ3n) is 2.73. The summed E-state index contributed by atoms with van der Waals surface area (Å²) in [5, 5.41) is 14.7. The number of aryl methyl sites for hydroxylation is 1. The molecule has 0 fully saturated rings. The summed E-state index contributed by atoms with van der Waals surface area (Å²) in [4.78, 5) is 0. The number of aromatic hydroxyl groups is 1. The van der Waals surface area contributed by atoms with Gasteiger partial charge in [0.1, 0.15) is 0 Å². The Morgan fingerprint density at radius 2 is 1.71 bits per heavy atom. The number of rotatable bonds is 1. The molecule has 0 unspecified atom stereocenters. The van der Waals surface area contributed by atoms with Crippen molar-refractivity contribution in [3.05, 3.63) is 36.0 Å². The van der Waals surface area contributed by atoms with Crippen LogP contribution in [0.4, 0.5) is 0 Å². The molecule has 1 N–H and O–H groups in total. The molecular weight excluding hydrogens is 212 g/mol. The van der Waals surface area contributed by atoms with Crippen molar-refractivity contribution < 1.29 is 5.11 Å². The molecule has 1 aromatic heterocycles. The molecule has 3 nitrogen and oxygen atoms in total. The average Bonchev–Trinajstić information content (AvgIpc) is 2.55. The quantitative estimate of drug-likeness (QED) is 0.816. The number of hydrogen-bond acceptors (Lipinski definition) is 2. The number of hydrogen-bond donors (Lipinski definition) is 1. The van der Waals surface area contributed by atoms with Crippen LogP contribution in [0, 0.1) is 6.92 Å². The lowest BCUT2D eigenvalue weighted by atomic mass is 10.1. The average molecular weight is 230 g/mol. The highest BCUT2D eigenvalue weighted by molar-refractivity contribution is 5.71. The van der Waals surface area contributed by atoms with Crippen LogP contribution >= 0.6 is 0 Å². The fraction of sp³-hybridized carbons (Fsp3) is 0.357. The van der Waals surface area contributed by atoms with Gasteiger partial charge >= 0.3 is 0 Å². The molecule has 0 saturated carbocycles. The summed E-state index contributed by atoms with van der Waals surface area (Å²) in [6.07, 6.45) is 0. The molecule has 0 spiro atoms. The third-order valence-corrected chi connectivity index (χ3v) is 2.73. The molecule has 0 aliphatic carbocycles. The van der Waals surface area contributed by atoms with E-state index in [-0.39, 0.29) is 11.4 Å². The van der Waals surface area contributed by atoms with Crippen LogP contribution in [0.3, 0.4) is 0 Å². The molecular formula is C14H18N2O. The van der Waals surface area contributed by atoms with E-state index in [9.17, 15) is 5.11 Å². The van der Waals surface area contributed by atoms with E-state index in [0.717, 1.165) is 16.8 Å². The predicted octanol–water partition coefficient (Wildman–Crippen LogP) is 3.32. The van der Waals surface area contributed by atoms with Gasteiger partial charge < -0.3 is 5.11 Å². The van der Waals surface area contributed by atoms with Crippen LogP contribution < -0.4 is 0 Å². The van der Waals surface area contributed by atoms with Crippen molar-refractivity contribution in [3.8, 4) is 17.0 Å². The van der Waals surface area contributed by atoms with Crippen LogP contribution in [0.5, 0.6) is 5.88 Å². The van der Waals surface area contributed by atoms with Crippen LogP contribution in [-0.4, -0.2) is 14.9 Å². The van der Waals surface area contributed by atoms with Crippen molar-refractivity contribution in [2.24, 2.45) is 0 Å². The zero-order valence-electron chi connectivity index (χ0n) is 10.7. The molecule has 0 radical (unpaired) electrons. The molecule has 3 heteroatoms. The van der Waals surface area contributed by atoms with Crippen LogP contribution in [0.2, 0.25) is 0 Å². The molecule has 0 atom stereocenters. The summed E-state index contributed by atoms with van der Waals surface area (Å²) < 4.78 is 1.67. The highest BCUT2D eigenvalue weighted by atomic mass is 16.3. The molecule has 0 aliphatic rings. The van der Waals surface area contributed by atoms with Crippen molar-refractivity contribution in [1.82, 2.24) is 9.78 Å². The monoisotopic (exact) mass is 230 g/mol. The predicted molar refractivity (Wildman–Crippen MR) is 69.1 cm³/mol. The van der Waals surface area contributed by atoms with Gasteiger partial charge in [0.15, 0.2) is 0 Å². The van der Waals surface area contributed by atoms with E-state index < -0.39 is 0 Å². The van der Waals surface area contributed by atoms with E-state index >= 15 is 0 Å². The lowest BCUT2D eigenvalue weighted by molar-refractivity contribution is 0.295. The first-order valence-corrected chi connectivity index (χ1v) is 5.76. The molecule has 1 aromatic carbocycles. The normalized spacial score (nSPS) is 11.8. The highest BCUT2D eigenvalue weighted by Gasteiger charge is 2.23. The van der Waals surface area contributed by atoms with Gasteiger partial charge in [-0.2, -0.15) is 5.10 Å². The van der Waals surface area contributed by atoms with Crippen LogP contribution in [-0.2, 0) is 5.54 Å². The molecule has 1 heterocycles. The Morgan fingerprint density at radius 3 is 2.18 bits per heavy atom.